The van der Waals surface area contributed by atoms with Crippen LogP contribution >= 0.6 is 0 Å². The van der Waals surface area contributed by atoms with Crippen molar-refractivity contribution in [1.82, 2.24) is 29.7 Å². The number of phenolic OH excluding ortho intramolecular Hbond substituents is 1. The van der Waals surface area contributed by atoms with E-state index in [0.717, 1.165) is 31.1 Å². The average Bonchev–Trinajstić information content (AvgIpc) is 3.39. The molecule has 0 bridgehead atoms. The molecular formula is C25H25N9O. The maximum Gasteiger partial charge on any atom is 0.206 e. The highest BCUT2D eigenvalue weighted by atomic mass is 16.3. The second kappa shape index (κ2) is 9.69. The summed E-state index contributed by atoms with van der Waals surface area (Å²) in [6.07, 6.45) is 7.05. The highest BCUT2D eigenvalue weighted by Crippen LogP contribution is 2.33. The molecule has 0 aliphatic carbocycles. The van der Waals surface area contributed by atoms with Crippen molar-refractivity contribution < 1.29 is 5.11 Å². The standard InChI is InChI=1S/C25H25N9O/c1-18-16-33(24-8-9-28-23(29-24)7-4-11-32-12-10-27-17-32)13-14-34(18)21-15-20(30-31-25(21)26)19-5-2-3-6-22(19)35/h2-3,5-6,8-10,12,15,17-18,35H,11,13-14,16H2,1H3,(H2,26,31)/t18-/m1/s1. The summed E-state index contributed by atoms with van der Waals surface area (Å²) in [4.78, 5) is 17.4. The van der Waals surface area contributed by atoms with Crippen LogP contribution in [0.5, 0.6) is 5.75 Å². The number of para-hydroxylation sites is 1. The molecule has 0 spiro atoms. The van der Waals surface area contributed by atoms with E-state index < -0.39 is 0 Å². The van der Waals surface area contributed by atoms with E-state index in [-0.39, 0.29) is 11.8 Å². The number of piperazine rings is 1. The Morgan fingerprint density at radius 2 is 2.03 bits per heavy atom. The summed E-state index contributed by atoms with van der Waals surface area (Å²) in [6, 6.07) is 11.0. The Morgan fingerprint density at radius 1 is 1.14 bits per heavy atom. The number of imidazole rings is 1. The van der Waals surface area contributed by atoms with Gasteiger partial charge in [0.2, 0.25) is 5.82 Å². The van der Waals surface area contributed by atoms with E-state index in [0.29, 0.717) is 29.4 Å². The Balaban J connectivity index is 1.31. The summed E-state index contributed by atoms with van der Waals surface area (Å²) in [5.74, 6) is 7.96. The zero-order chi connectivity index (χ0) is 24.2. The minimum atomic E-state index is 0.137. The highest BCUT2D eigenvalue weighted by molar-refractivity contribution is 5.74. The third-order valence-corrected chi connectivity index (χ3v) is 5.90. The van der Waals surface area contributed by atoms with Gasteiger partial charge in [-0.1, -0.05) is 18.1 Å². The number of aromatic nitrogens is 6. The number of nitrogens with two attached hydrogens (primary N) is 1. The first-order chi connectivity index (χ1) is 17.1. The van der Waals surface area contributed by atoms with Gasteiger partial charge in [-0.25, -0.2) is 15.0 Å². The van der Waals surface area contributed by atoms with Crippen LogP contribution in [0.3, 0.4) is 0 Å². The summed E-state index contributed by atoms with van der Waals surface area (Å²) in [5.41, 5.74) is 8.22. The average molecular weight is 468 g/mol. The van der Waals surface area contributed by atoms with Crippen LogP contribution in [0.2, 0.25) is 0 Å². The predicted octanol–water partition coefficient (Wildman–Crippen LogP) is 2.18. The van der Waals surface area contributed by atoms with Crippen LogP contribution in [0.4, 0.5) is 17.3 Å². The molecule has 1 aromatic carbocycles. The lowest BCUT2D eigenvalue weighted by molar-refractivity contribution is 0.477. The molecule has 35 heavy (non-hydrogen) atoms. The molecule has 1 saturated heterocycles. The molecule has 3 aromatic heterocycles. The lowest BCUT2D eigenvalue weighted by Gasteiger charge is -2.41. The van der Waals surface area contributed by atoms with Crippen LogP contribution in [0.25, 0.3) is 11.3 Å². The number of aromatic hydroxyl groups is 1. The van der Waals surface area contributed by atoms with E-state index in [2.05, 4.69) is 53.7 Å². The van der Waals surface area contributed by atoms with Crippen molar-refractivity contribution in [2.75, 3.05) is 35.2 Å². The van der Waals surface area contributed by atoms with Crippen LogP contribution < -0.4 is 15.5 Å². The molecule has 1 aliphatic heterocycles. The van der Waals surface area contributed by atoms with Crippen LogP contribution in [-0.4, -0.2) is 60.5 Å². The van der Waals surface area contributed by atoms with Crippen molar-refractivity contribution in [3.8, 4) is 28.8 Å². The SMILES string of the molecule is C[C@@H]1CN(c2ccnc(C#CCn3ccnc3)n2)CCN1c1cc(-c2ccccc2O)nnc1N. The van der Waals surface area contributed by atoms with E-state index in [1.54, 1.807) is 30.9 Å². The first-order valence-corrected chi connectivity index (χ1v) is 11.3. The predicted molar refractivity (Wildman–Crippen MR) is 134 cm³/mol. The fourth-order valence-corrected chi connectivity index (χ4v) is 4.14. The van der Waals surface area contributed by atoms with E-state index in [4.69, 9.17) is 5.73 Å². The third-order valence-electron chi connectivity index (χ3n) is 5.90. The zero-order valence-corrected chi connectivity index (χ0v) is 19.3. The molecule has 0 unspecified atom stereocenters. The Kier molecular flexibility index (Phi) is 6.13. The van der Waals surface area contributed by atoms with E-state index in [9.17, 15) is 5.11 Å². The van der Waals surface area contributed by atoms with E-state index >= 15 is 0 Å². The van der Waals surface area contributed by atoms with Gasteiger partial charge in [-0.05, 0) is 37.1 Å². The minimum absolute atomic E-state index is 0.137. The van der Waals surface area contributed by atoms with Gasteiger partial charge in [-0.2, -0.15) is 0 Å². The third kappa shape index (κ3) is 4.84. The zero-order valence-electron chi connectivity index (χ0n) is 19.3. The summed E-state index contributed by atoms with van der Waals surface area (Å²) < 4.78 is 1.89. The number of nitrogen functional groups attached to an aromatic ring is 1. The summed E-state index contributed by atoms with van der Waals surface area (Å²) in [5, 5.41) is 18.6. The van der Waals surface area contributed by atoms with Gasteiger partial charge >= 0.3 is 0 Å². The van der Waals surface area contributed by atoms with Gasteiger partial charge in [0.15, 0.2) is 5.82 Å². The second-order valence-corrected chi connectivity index (χ2v) is 8.28. The number of nitrogens with zero attached hydrogens (tertiary/aromatic N) is 8. The molecule has 1 aliphatic rings. The highest BCUT2D eigenvalue weighted by Gasteiger charge is 2.27. The smallest absolute Gasteiger partial charge is 0.206 e. The molecule has 4 aromatic rings. The number of hydrogen-bond acceptors (Lipinski definition) is 9. The Bertz CT molecular complexity index is 1380. The number of rotatable bonds is 4. The maximum atomic E-state index is 10.2. The van der Waals surface area contributed by atoms with E-state index in [1.807, 2.05) is 35.0 Å². The van der Waals surface area contributed by atoms with Crippen molar-refractivity contribution in [3.05, 3.63) is 67.1 Å². The van der Waals surface area contributed by atoms with Gasteiger partial charge in [0.05, 0.1) is 24.3 Å². The van der Waals surface area contributed by atoms with Crippen LogP contribution in [-0.2, 0) is 6.54 Å². The number of phenols is 1. The number of anilines is 3. The molecule has 3 N–H and O–H groups in total. The van der Waals surface area contributed by atoms with Gasteiger partial charge in [0, 0.05) is 49.8 Å². The lowest BCUT2D eigenvalue weighted by Crippen LogP contribution is -2.52. The molecule has 0 radical (unpaired) electrons. The first-order valence-electron chi connectivity index (χ1n) is 11.3. The minimum Gasteiger partial charge on any atom is -0.507 e. The Morgan fingerprint density at radius 3 is 2.83 bits per heavy atom. The quantitative estimate of drug-likeness (QED) is 0.435. The van der Waals surface area contributed by atoms with Crippen molar-refractivity contribution >= 4 is 17.3 Å². The Hall–Kier alpha value is -4.65. The summed E-state index contributed by atoms with van der Waals surface area (Å²) in [7, 11) is 0. The molecule has 0 saturated carbocycles. The lowest BCUT2D eigenvalue weighted by atomic mass is 10.1. The molecule has 10 nitrogen and oxygen atoms in total. The monoisotopic (exact) mass is 467 g/mol. The fraction of sp³-hybridized carbons (Fsp3) is 0.240. The molecule has 4 heterocycles. The molecule has 5 rings (SSSR count). The first kappa shape index (κ1) is 22.2. The molecule has 1 fully saturated rings. The molecule has 0 amide bonds. The molecule has 10 heteroatoms. The largest absolute Gasteiger partial charge is 0.507 e. The van der Waals surface area contributed by atoms with Crippen molar-refractivity contribution in [2.24, 2.45) is 0 Å². The van der Waals surface area contributed by atoms with Crippen molar-refractivity contribution in [2.45, 2.75) is 19.5 Å². The second-order valence-electron chi connectivity index (χ2n) is 8.28. The van der Waals surface area contributed by atoms with Gasteiger partial charge in [0.1, 0.15) is 11.6 Å². The number of benzene rings is 1. The summed E-state index contributed by atoms with van der Waals surface area (Å²) in [6.45, 7) is 4.89. The van der Waals surface area contributed by atoms with Gasteiger partial charge in [-0.3, -0.25) is 0 Å². The van der Waals surface area contributed by atoms with E-state index in [1.165, 1.54) is 0 Å². The van der Waals surface area contributed by atoms with Crippen molar-refractivity contribution in [3.63, 3.8) is 0 Å². The van der Waals surface area contributed by atoms with Crippen LogP contribution in [0, 0.1) is 11.8 Å². The van der Waals surface area contributed by atoms with Gasteiger partial charge in [0.25, 0.3) is 0 Å². The molecule has 176 valence electrons. The summed E-state index contributed by atoms with van der Waals surface area (Å²) >= 11 is 0. The Labute approximate surface area is 203 Å². The normalized spacial score (nSPS) is 15.5. The van der Waals surface area contributed by atoms with Crippen LogP contribution in [0.1, 0.15) is 12.7 Å². The maximum absolute atomic E-state index is 10.2. The van der Waals surface area contributed by atoms with Crippen molar-refractivity contribution in [1.29, 1.82) is 0 Å². The topological polar surface area (TPSA) is 122 Å². The molecular weight excluding hydrogens is 442 g/mol. The van der Waals surface area contributed by atoms with Gasteiger partial charge in [-0.15, -0.1) is 10.2 Å². The van der Waals surface area contributed by atoms with Crippen LogP contribution in [0.15, 0.2) is 61.3 Å². The fourth-order valence-electron chi connectivity index (χ4n) is 4.14. The van der Waals surface area contributed by atoms with Gasteiger partial charge < -0.3 is 25.2 Å². The number of hydrogen-bond donors (Lipinski definition) is 2. The molecule has 1 atom stereocenters.